The van der Waals surface area contributed by atoms with Gasteiger partial charge < -0.3 is 5.32 Å². The van der Waals surface area contributed by atoms with Gasteiger partial charge in [0.25, 0.3) is 0 Å². The summed E-state index contributed by atoms with van der Waals surface area (Å²) in [4.78, 5) is 11.9. The van der Waals surface area contributed by atoms with Crippen molar-refractivity contribution in [1.29, 1.82) is 5.26 Å². The molecule has 0 bridgehead atoms. The standard InChI is InChI=1S/C16H13FN2O/c1-11-4-2-3-5-13(11)9-16(20)19-15-7-6-12(10-18)8-14(15)17/h2-8H,9H2,1H3,(H,19,20). The van der Waals surface area contributed by atoms with Gasteiger partial charge in [-0.1, -0.05) is 24.3 Å². The van der Waals surface area contributed by atoms with E-state index in [-0.39, 0.29) is 23.6 Å². The van der Waals surface area contributed by atoms with E-state index in [1.165, 1.54) is 12.1 Å². The summed E-state index contributed by atoms with van der Waals surface area (Å²) in [5.74, 6) is -0.898. The number of anilines is 1. The van der Waals surface area contributed by atoms with Crippen molar-refractivity contribution in [3.8, 4) is 6.07 Å². The van der Waals surface area contributed by atoms with E-state index in [9.17, 15) is 9.18 Å². The number of nitrogens with one attached hydrogen (secondary N) is 1. The van der Waals surface area contributed by atoms with Crippen LogP contribution in [0.4, 0.5) is 10.1 Å². The molecule has 2 rings (SSSR count). The summed E-state index contributed by atoms with van der Waals surface area (Å²) in [6, 6.07) is 13.3. The van der Waals surface area contributed by atoms with E-state index in [4.69, 9.17) is 5.26 Å². The van der Waals surface area contributed by atoms with Gasteiger partial charge in [-0.25, -0.2) is 4.39 Å². The van der Waals surface area contributed by atoms with Crippen molar-refractivity contribution in [2.45, 2.75) is 13.3 Å². The zero-order valence-corrected chi connectivity index (χ0v) is 11.0. The normalized spacial score (nSPS) is 9.85. The molecule has 0 radical (unpaired) electrons. The van der Waals surface area contributed by atoms with E-state index in [0.29, 0.717) is 0 Å². The third kappa shape index (κ3) is 3.21. The molecule has 0 aliphatic rings. The quantitative estimate of drug-likeness (QED) is 0.929. The molecule has 0 saturated carbocycles. The lowest BCUT2D eigenvalue weighted by molar-refractivity contribution is -0.115. The maximum absolute atomic E-state index is 13.6. The molecule has 0 fully saturated rings. The molecule has 0 aliphatic carbocycles. The number of amides is 1. The number of hydrogen-bond donors (Lipinski definition) is 1. The first-order valence-corrected chi connectivity index (χ1v) is 6.14. The van der Waals surface area contributed by atoms with E-state index in [1.807, 2.05) is 37.3 Å². The van der Waals surface area contributed by atoms with Gasteiger partial charge in [-0.2, -0.15) is 5.26 Å². The van der Waals surface area contributed by atoms with Gasteiger partial charge >= 0.3 is 0 Å². The second-order valence-electron chi connectivity index (χ2n) is 4.46. The predicted molar refractivity (Wildman–Crippen MR) is 74.6 cm³/mol. The largest absolute Gasteiger partial charge is 0.323 e. The number of hydrogen-bond acceptors (Lipinski definition) is 2. The maximum Gasteiger partial charge on any atom is 0.228 e. The van der Waals surface area contributed by atoms with Crippen LogP contribution in [0.15, 0.2) is 42.5 Å². The smallest absolute Gasteiger partial charge is 0.228 e. The minimum absolute atomic E-state index is 0.0857. The highest BCUT2D eigenvalue weighted by atomic mass is 19.1. The average molecular weight is 268 g/mol. The summed E-state index contributed by atoms with van der Waals surface area (Å²) < 4.78 is 13.6. The minimum Gasteiger partial charge on any atom is -0.323 e. The molecule has 0 spiro atoms. The maximum atomic E-state index is 13.6. The van der Waals surface area contributed by atoms with Crippen molar-refractivity contribution in [2.24, 2.45) is 0 Å². The second kappa shape index (κ2) is 5.98. The van der Waals surface area contributed by atoms with Crippen LogP contribution < -0.4 is 5.32 Å². The number of aryl methyl sites for hydroxylation is 1. The first kappa shape index (κ1) is 13.8. The summed E-state index contributed by atoms with van der Waals surface area (Å²) in [5.41, 5.74) is 2.23. The molecule has 2 aromatic rings. The van der Waals surface area contributed by atoms with Gasteiger partial charge in [-0.05, 0) is 36.2 Å². The van der Waals surface area contributed by atoms with E-state index in [0.717, 1.165) is 17.2 Å². The summed E-state index contributed by atoms with van der Waals surface area (Å²) in [6.45, 7) is 1.92. The van der Waals surface area contributed by atoms with E-state index >= 15 is 0 Å². The lowest BCUT2D eigenvalue weighted by Crippen LogP contribution is -2.16. The van der Waals surface area contributed by atoms with E-state index in [1.54, 1.807) is 0 Å². The van der Waals surface area contributed by atoms with Crippen LogP contribution >= 0.6 is 0 Å². The van der Waals surface area contributed by atoms with Gasteiger partial charge in [0, 0.05) is 0 Å². The van der Waals surface area contributed by atoms with Crippen LogP contribution in [0.25, 0.3) is 0 Å². The Labute approximate surface area is 116 Å². The second-order valence-corrected chi connectivity index (χ2v) is 4.46. The SMILES string of the molecule is Cc1ccccc1CC(=O)Nc1ccc(C#N)cc1F. The van der Waals surface area contributed by atoms with Crippen molar-refractivity contribution in [3.05, 3.63) is 65.0 Å². The number of carbonyl (C=O) groups is 1. The Balaban J connectivity index is 2.09. The van der Waals surface area contributed by atoms with Gasteiger partial charge in [0.1, 0.15) is 5.82 Å². The van der Waals surface area contributed by atoms with Gasteiger partial charge in [-0.3, -0.25) is 4.79 Å². The average Bonchev–Trinajstić information content (AvgIpc) is 2.43. The topological polar surface area (TPSA) is 52.9 Å². The Morgan fingerprint density at radius 2 is 2.05 bits per heavy atom. The molecule has 0 unspecified atom stereocenters. The van der Waals surface area contributed by atoms with E-state index < -0.39 is 5.82 Å². The van der Waals surface area contributed by atoms with Gasteiger partial charge in [0.2, 0.25) is 5.91 Å². The molecule has 20 heavy (non-hydrogen) atoms. The van der Waals surface area contributed by atoms with Crippen molar-refractivity contribution >= 4 is 11.6 Å². The van der Waals surface area contributed by atoms with Crippen LogP contribution in [0.5, 0.6) is 0 Å². The number of rotatable bonds is 3. The third-order valence-corrected chi connectivity index (χ3v) is 2.98. The van der Waals surface area contributed by atoms with Gasteiger partial charge in [0.05, 0.1) is 23.7 Å². The fourth-order valence-electron chi connectivity index (χ4n) is 1.86. The number of nitriles is 1. The van der Waals surface area contributed by atoms with Crippen LogP contribution in [0.3, 0.4) is 0 Å². The van der Waals surface area contributed by atoms with Gasteiger partial charge in [-0.15, -0.1) is 0 Å². The molecule has 3 nitrogen and oxygen atoms in total. The molecule has 1 amide bonds. The molecule has 100 valence electrons. The highest BCUT2D eigenvalue weighted by Gasteiger charge is 2.09. The van der Waals surface area contributed by atoms with Crippen molar-refractivity contribution in [2.75, 3.05) is 5.32 Å². The molecular formula is C16H13FN2O. The van der Waals surface area contributed by atoms with Gasteiger partial charge in [0.15, 0.2) is 0 Å². The molecule has 0 heterocycles. The monoisotopic (exact) mass is 268 g/mol. The number of nitrogens with zero attached hydrogens (tertiary/aromatic N) is 1. The zero-order chi connectivity index (χ0) is 14.5. The fraction of sp³-hybridized carbons (Fsp3) is 0.125. The zero-order valence-electron chi connectivity index (χ0n) is 11.0. The number of benzene rings is 2. The minimum atomic E-state index is -0.609. The third-order valence-electron chi connectivity index (χ3n) is 2.98. The van der Waals surface area contributed by atoms with Crippen LogP contribution in [0.1, 0.15) is 16.7 Å². The van der Waals surface area contributed by atoms with E-state index in [2.05, 4.69) is 5.32 Å². The molecule has 0 saturated heterocycles. The molecule has 0 aliphatic heterocycles. The van der Waals surface area contributed by atoms with Crippen LogP contribution in [-0.2, 0) is 11.2 Å². The summed E-state index contributed by atoms with van der Waals surface area (Å²) in [5, 5.41) is 11.2. The van der Waals surface area contributed by atoms with Crippen molar-refractivity contribution in [1.82, 2.24) is 0 Å². The first-order chi connectivity index (χ1) is 9.60. The molecule has 4 heteroatoms. The number of carbonyl (C=O) groups excluding carboxylic acids is 1. The number of halogens is 1. The Kier molecular flexibility index (Phi) is 4.11. The lowest BCUT2D eigenvalue weighted by atomic mass is 10.1. The first-order valence-electron chi connectivity index (χ1n) is 6.14. The highest BCUT2D eigenvalue weighted by Crippen LogP contribution is 2.16. The lowest BCUT2D eigenvalue weighted by Gasteiger charge is -2.08. The Morgan fingerprint density at radius 1 is 1.30 bits per heavy atom. The summed E-state index contributed by atoms with van der Waals surface area (Å²) in [6.07, 6.45) is 0.187. The Morgan fingerprint density at radius 3 is 2.70 bits per heavy atom. The van der Waals surface area contributed by atoms with Crippen LogP contribution in [0, 0.1) is 24.1 Å². The highest BCUT2D eigenvalue weighted by molar-refractivity contribution is 5.92. The van der Waals surface area contributed by atoms with Crippen LogP contribution in [0.2, 0.25) is 0 Å². The summed E-state index contributed by atoms with van der Waals surface area (Å²) >= 11 is 0. The van der Waals surface area contributed by atoms with Crippen LogP contribution in [-0.4, -0.2) is 5.91 Å². The Bertz CT molecular complexity index is 689. The molecule has 0 atom stereocenters. The molecule has 0 aromatic heterocycles. The molecular weight excluding hydrogens is 255 g/mol. The molecule has 1 N–H and O–H groups in total. The molecule has 2 aromatic carbocycles. The van der Waals surface area contributed by atoms with Crippen molar-refractivity contribution in [3.63, 3.8) is 0 Å². The fourth-order valence-corrected chi connectivity index (χ4v) is 1.86. The summed E-state index contributed by atoms with van der Waals surface area (Å²) in [7, 11) is 0. The Hall–Kier alpha value is -2.67. The predicted octanol–water partition coefficient (Wildman–Crippen LogP) is 3.19. The van der Waals surface area contributed by atoms with Crippen molar-refractivity contribution < 1.29 is 9.18 Å².